The SMILES string of the molecule is CC(C)(CO)[C@H](c1cc(Br)ccc1Br)N1CCNCC1. The summed E-state index contributed by atoms with van der Waals surface area (Å²) in [6.45, 7) is 8.45. The number of rotatable bonds is 4. The second-order valence-electron chi connectivity index (χ2n) is 6.00. The average Bonchev–Trinajstić information content (AvgIpc) is 2.44. The fourth-order valence-electron chi connectivity index (χ4n) is 2.86. The van der Waals surface area contributed by atoms with E-state index in [0.29, 0.717) is 0 Å². The van der Waals surface area contributed by atoms with Gasteiger partial charge < -0.3 is 10.4 Å². The van der Waals surface area contributed by atoms with Gasteiger partial charge in [0, 0.05) is 53.2 Å². The van der Waals surface area contributed by atoms with Gasteiger partial charge in [-0.15, -0.1) is 0 Å². The van der Waals surface area contributed by atoms with Crippen molar-refractivity contribution in [1.29, 1.82) is 0 Å². The van der Waals surface area contributed by atoms with Crippen LogP contribution < -0.4 is 5.32 Å². The van der Waals surface area contributed by atoms with E-state index in [9.17, 15) is 5.11 Å². The highest BCUT2D eigenvalue weighted by molar-refractivity contribution is 9.11. The lowest BCUT2D eigenvalue weighted by Crippen LogP contribution is -2.49. The quantitative estimate of drug-likeness (QED) is 0.807. The van der Waals surface area contributed by atoms with Crippen LogP contribution >= 0.6 is 31.9 Å². The summed E-state index contributed by atoms with van der Waals surface area (Å²) in [6, 6.07) is 6.46. The average molecular weight is 406 g/mol. The molecular weight excluding hydrogens is 384 g/mol. The number of hydrogen-bond acceptors (Lipinski definition) is 3. The molecule has 0 unspecified atom stereocenters. The number of aliphatic hydroxyl groups is 1. The topological polar surface area (TPSA) is 35.5 Å². The van der Waals surface area contributed by atoms with Crippen molar-refractivity contribution in [2.45, 2.75) is 19.9 Å². The van der Waals surface area contributed by atoms with Gasteiger partial charge in [-0.25, -0.2) is 0 Å². The van der Waals surface area contributed by atoms with E-state index < -0.39 is 0 Å². The van der Waals surface area contributed by atoms with Gasteiger partial charge in [-0.05, 0) is 23.8 Å². The van der Waals surface area contributed by atoms with Gasteiger partial charge in [0.05, 0.1) is 0 Å². The van der Waals surface area contributed by atoms with E-state index in [0.717, 1.165) is 35.1 Å². The molecule has 0 aliphatic carbocycles. The first-order valence-electron chi connectivity index (χ1n) is 6.96. The van der Waals surface area contributed by atoms with E-state index in [1.807, 2.05) is 6.07 Å². The van der Waals surface area contributed by atoms with E-state index in [1.165, 1.54) is 5.56 Å². The third-order valence-corrected chi connectivity index (χ3v) is 5.13. The Hall–Kier alpha value is 0.0600. The fraction of sp³-hybridized carbons (Fsp3) is 0.600. The number of hydrogen-bond donors (Lipinski definition) is 2. The highest BCUT2D eigenvalue weighted by atomic mass is 79.9. The van der Waals surface area contributed by atoms with Crippen LogP contribution in [0.5, 0.6) is 0 Å². The second-order valence-corrected chi connectivity index (χ2v) is 7.77. The van der Waals surface area contributed by atoms with Gasteiger partial charge in [0.2, 0.25) is 0 Å². The van der Waals surface area contributed by atoms with Crippen molar-refractivity contribution in [3.05, 3.63) is 32.7 Å². The van der Waals surface area contributed by atoms with Crippen LogP contribution in [0.2, 0.25) is 0 Å². The van der Waals surface area contributed by atoms with Crippen molar-refractivity contribution in [2.75, 3.05) is 32.8 Å². The molecule has 0 spiro atoms. The molecule has 112 valence electrons. The van der Waals surface area contributed by atoms with Gasteiger partial charge in [-0.3, -0.25) is 4.90 Å². The Bertz CT molecular complexity index is 459. The molecule has 0 amide bonds. The molecule has 1 aromatic rings. The highest BCUT2D eigenvalue weighted by Gasteiger charge is 2.36. The Morgan fingerprint density at radius 1 is 1.30 bits per heavy atom. The number of nitrogens with zero attached hydrogens (tertiary/aromatic N) is 1. The van der Waals surface area contributed by atoms with Crippen LogP contribution in [0.4, 0.5) is 0 Å². The van der Waals surface area contributed by atoms with Crippen molar-refractivity contribution in [1.82, 2.24) is 10.2 Å². The number of aliphatic hydroxyl groups excluding tert-OH is 1. The fourth-order valence-corrected chi connectivity index (χ4v) is 3.71. The molecule has 2 rings (SSSR count). The summed E-state index contributed by atoms with van der Waals surface area (Å²) < 4.78 is 2.18. The molecule has 1 atom stereocenters. The van der Waals surface area contributed by atoms with Crippen LogP contribution in [0.3, 0.4) is 0 Å². The Morgan fingerprint density at radius 2 is 1.95 bits per heavy atom. The van der Waals surface area contributed by atoms with E-state index in [2.05, 4.69) is 68.1 Å². The van der Waals surface area contributed by atoms with Crippen molar-refractivity contribution in [3.8, 4) is 0 Å². The zero-order chi connectivity index (χ0) is 14.8. The molecule has 2 N–H and O–H groups in total. The lowest BCUT2D eigenvalue weighted by Gasteiger charge is -2.44. The molecule has 1 aromatic carbocycles. The summed E-state index contributed by atoms with van der Waals surface area (Å²) >= 11 is 7.24. The summed E-state index contributed by atoms with van der Waals surface area (Å²) in [5.74, 6) is 0. The van der Waals surface area contributed by atoms with Gasteiger partial charge in [0.25, 0.3) is 0 Å². The summed E-state index contributed by atoms with van der Waals surface area (Å²) in [7, 11) is 0. The van der Waals surface area contributed by atoms with Crippen LogP contribution in [-0.2, 0) is 0 Å². The molecule has 1 aliphatic rings. The monoisotopic (exact) mass is 404 g/mol. The summed E-state index contributed by atoms with van der Waals surface area (Å²) in [5, 5.41) is 13.2. The molecule has 1 saturated heterocycles. The molecule has 3 nitrogen and oxygen atoms in total. The predicted molar refractivity (Wildman–Crippen MR) is 89.9 cm³/mol. The van der Waals surface area contributed by atoms with Crippen LogP contribution in [-0.4, -0.2) is 42.8 Å². The van der Waals surface area contributed by atoms with Crippen molar-refractivity contribution >= 4 is 31.9 Å². The van der Waals surface area contributed by atoms with Crippen molar-refractivity contribution < 1.29 is 5.11 Å². The first-order valence-corrected chi connectivity index (χ1v) is 8.55. The summed E-state index contributed by atoms with van der Waals surface area (Å²) in [4.78, 5) is 2.47. The van der Waals surface area contributed by atoms with Gasteiger partial charge in [-0.2, -0.15) is 0 Å². The third-order valence-electron chi connectivity index (χ3n) is 3.92. The molecule has 0 bridgehead atoms. The van der Waals surface area contributed by atoms with Gasteiger partial charge in [0.1, 0.15) is 0 Å². The molecule has 20 heavy (non-hydrogen) atoms. The Balaban J connectivity index is 2.42. The lowest BCUT2D eigenvalue weighted by atomic mass is 9.80. The zero-order valence-electron chi connectivity index (χ0n) is 12.0. The molecular formula is C15H22Br2N2O. The Kier molecular flexibility index (Phi) is 5.65. The normalized spacial score (nSPS) is 19.1. The minimum Gasteiger partial charge on any atom is -0.396 e. The number of benzene rings is 1. The molecule has 0 aromatic heterocycles. The smallest absolute Gasteiger partial charge is 0.0500 e. The zero-order valence-corrected chi connectivity index (χ0v) is 15.2. The third kappa shape index (κ3) is 3.63. The lowest BCUT2D eigenvalue weighted by molar-refractivity contribution is 0.0301. The van der Waals surface area contributed by atoms with E-state index in [4.69, 9.17) is 0 Å². The Morgan fingerprint density at radius 3 is 2.55 bits per heavy atom. The minimum absolute atomic E-state index is 0.167. The van der Waals surface area contributed by atoms with Crippen LogP contribution in [0.25, 0.3) is 0 Å². The molecule has 1 fully saturated rings. The number of piperazine rings is 1. The standard InChI is InChI=1S/C15H22Br2N2O/c1-15(2,10-20)14(19-7-5-18-6-8-19)12-9-11(16)3-4-13(12)17/h3-4,9,14,18,20H,5-8,10H2,1-2H3/t14-/m0/s1. The molecule has 0 saturated carbocycles. The molecule has 0 radical (unpaired) electrons. The van der Waals surface area contributed by atoms with Crippen LogP contribution in [0, 0.1) is 5.41 Å². The summed E-state index contributed by atoms with van der Waals surface area (Å²) in [5.41, 5.74) is 1.04. The Labute approximate surface area is 138 Å². The minimum atomic E-state index is -0.194. The van der Waals surface area contributed by atoms with Gasteiger partial charge >= 0.3 is 0 Å². The summed E-state index contributed by atoms with van der Waals surface area (Å²) in [6.07, 6.45) is 0. The maximum atomic E-state index is 9.85. The first kappa shape index (κ1) is 16.4. The van der Waals surface area contributed by atoms with E-state index in [-0.39, 0.29) is 18.1 Å². The molecule has 1 heterocycles. The largest absolute Gasteiger partial charge is 0.396 e. The van der Waals surface area contributed by atoms with E-state index >= 15 is 0 Å². The second kappa shape index (κ2) is 6.88. The number of nitrogens with one attached hydrogen (secondary N) is 1. The molecule has 5 heteroatoms. The highest BCUT2D eigenvalue weighted by Crippen LogP contribution is 2.42. The van der Waals surface area contributed by atoms with Crippen molar-refractivity contribution in [2.24, 2.45) is 5.41 Å². The van der Waals surface area contributed by atoms with E-state index in [1.54, 1.807) is 0 Å². The predicted octanol–water partition coefficient (Wildman–Crippen LogP) is 3.18. The number of halogens is 2. The maximum Gasteiger partial charge on any atom is 0.0500 e. The van der Waals surface area contributed by atoms with Crippen LogP contribution in [0.1, 0.15) is 25.5 Å². The van der Waals surface area contributed by atoms with Crippen molar-refractivity contribution in [3.63, 3.8) is 0 Å². The van der Waals surface area contributed by atoms with Crippen LogP contribution in [0.15, 0.2) is 27.1 Å². The molecule has 1 aliphatic heterocycles. The van der Waals surface area contributed by atoms with Gasteiger partial charge in [0.15, 0.2) is 0 Å². The first-order chi connectivity index (χ1) is 9.45. The maximum absolute atomic E-state index is 9.85. The van der Waals surface area contributed by atoms with Gasteiger partial charge in [-0.1, -0.05) is 45.7 Å².